The molecule has 1 saturated heterocycles. The number of amides is 2. The van der Waals surface area contributed by atoms with E-state index in [1.807, 2.05) is 10.3 Å². The third-order valence-corrected chi connectivity index (χ3v) is 4.84. The molecule has 23 heavy (non-hydrogen) atoms. The summed E-state index contributed by atoms with van der Waals surface area (Å²) >= 11 is 1.40. The summed E-state index contributed by atoms with van der Waals surface area (Å²) < 4.78 is 5.27. The van der Waals surface area contributed by atoms with Crippen LogP contribution < -0.4 is 5.32 Å². The number of aromatic nitrogens is 1. The number of rotatable bonds is 4. The number of furan rings is 1. The highest BCUT2D eigenvalue weighted by atomic mass is 32.1. The summed E-state index contributed by atoms with van der Waals surface area (Å²) in [7, 11) is 0. The molecule has 2 aromatic heterocycles. The van der Waals surface area contributed by atoms with Crippen molar-refractivity contribution in [2.75, 3.05) is 11.9 Å². The molecule has 2 atom stereocenters. The molecular formula is C16H21N3O3S. The van der Waals surface area contributed by atoms with E-state index in [1.54, 1.807) is 24.6 Å². The zero-order valence-electron chi connectivity index (χ0n) is 12.9. The Balaban J connectivity index is 1.68. The number of urea groups is 1. The third-order valence-electron chi connectivity index (χ3n) is 4.15. The molecule has 1 aliphatic heterocycles. The first-order valence-corrected chi connectivity index (χ1v) is 8.80. The van der Waals surface area contributed by atoms with Crippen LogP contribution in [0.4, 0.5) is 9.93 Å². The minimum atomic E-state index is -0.691. The standard InChI is InChI=1S/C16H21N3O3S/c20-13(14-6-4-9-22-14)11-12-5-2-1-3-8-19(12)16(21)18-15-17-7-10-23-15/h4,6-7,9-10,12-13,20H,1-3,5,8,11H2,(H,17,18,21)/t12-,13-/m1/s1. The second kappa shape index (κ2) is 7.61. The number of nitrogens with one attached hydrogen (secondary N) is 1. The molecule has 1 aliphatic rings. The molecule has 0 bridgehead atoms. The minimum absolute atomic E-state index is 0.00226. The maximum absolute atomic E-state index is 12.6. The number of carbonyl (C=O) groups is 1. The second-order valence-corrected chi connectivity index (χ2v) is 6.63. The van der Waals surface area contributed by atoms with Crippen LogP contribution >= 0.6 is 11.3 Å². The van der Waals surface area contributed by atoms with E-state index in [1.165, 1.54) is 11.3 Å². The quantitative estimate of drug-likeness (QED) is 0.894. The molecule has 7 heteroatoms. The van der Waals surface area contributed by atoms with Crippen LogP contribution in [0, 0.1) is 0 Å². The van der Waals surface area contributed by atoms with Gasteiger partial charge in [0.25, 0.3) is 0 Å². The van der Waals surface area contributed by atoms with E-state index in [0.717, 1.165) is 25.7 Å². The van der Waals surface area contributed by atoms with Crippen LogP contribution in [0.3, 0.4) is 0 Å². The highest BCUT2D eigenvalue weighted by Gasteiger charge is 2.28. The van der Waals surface area contributed by atoms with Crippen LogP contribution in [0.2, 0.25) is 0 Å². The molecule has 124 valence electrons. The van der Waals surface area contributed by atoms with Crippen LogP contribution in [-0.2, 0) is 0 Å². The Morgan fingerprint density at radius 3 is 3.17 bits per heavy atom. The van der Waals surface area contributed by atoms with E-state index >= 15 is 0 Å². The zero-order valence-corrected chi connectivity index (χ0v) is 13.7. The number of nitrogens with zero attached hydrogens (tertiary/aromatic N) is 2. The molecule has 0 unspecified atom stereocenters. The normalized spacial score (nSPS) is 20.0. The second-order valence-electron chi connectivity index (χ2n) is 5.73. The molecule has 0 aromatic carbocycles. The Morgan fingerprint density at radius 2 is 2.43 bits per heavy atom. The number of hydrogen-bond acceptors (Lipinski definition) is 5. The van der Waals surface area contributed by atoms with Crippen molar-refractivity contribution in [1.29, 1.82) is 0 Å². The van der Waals surface area contributed by atoms with Crippen molar-refractivity contribution in [3.63, 3.8) is 0 Å². The highest BCUT2D eigenvalue weighted by Crippen LogP contribution is 2.27. The predicted octanol–water partition coefficient (Wildman–Crippen LogP) is 3.64. The first-order valence-electron chi connectivity index (χ1n) is 7.92. The van der Waals surface area contributed by atoms with Gasteiger partial charge in [0.05, 0.1) is 6.26 Å². The molecule has 2 N–H and O–H groups in total. The summed E-state index contributed by atoms with van der Waals surface area (Å²) in [5.74, 6) is 0.550. The zero-order chi connectivity index (χ0) is 16.1. The summed E-state index contributed by atoms with van der Waals surface area (Å²) in [6.07, 6.45) is 7.06. The fraction of sp³-hybridized carbons (Fsp3) is 0.500. The molecule has 3 heterocycles. The van der Waals surface area contributed by atoms with Gasteiger partial charge in [-0.1, -0.05) is 12.8 Å². The number of aliphatic hydroxyl groups excluding tert-OH is 1. The van der Waals surface area contributed by atoms with Crippen molar-refractivity contribution < 1.29 is 14.3 Å². The Morgan fingerprint density at radius 1 is 1.52 bits per heavy atom. The first kappa shape index (κ1) is 16.0. The number of hydrogen-bond donors (Lipinski definition) is 2. The Hall–Kier alpha value is -1.86. The van der Waals surface area contributed by atoms with Gasteiger partial charge in [-0.05, 0) is 25.0 Å². The van der Waals surface area contributed by atoms with Gasteiger partial charge in [-0.25, -0.2) is 9.78 Å². The number of aliphatic hydroxyl groups is 1. The largest absolute Gasteiger partial charge is 0.467 e. The lowest BCUT2D eigenvalue weighted by Gasteiger charge is -2.31. The fourth-order valence-electron chi connectivity index (χ4n) is 2.99. The van der Waals surface area contributed by atoms with E-state index in [4.69, 9.17) is 4.42 Å². The lowest BCUT2D eigenvalue weighted by atomic mass is 10.0. The van der Waals surface area contributed by atoms with Gasteiger partial charge >= 0.3 is 6.03 Å². The van der Waals surface area contributed by atoms with Crippen LogP contribution in [-0.4, -0.2) is 33.6 Å². The van der Waals surface area contributed by atoms with Crippen molar-refractivity contribution in [3.8, 4) is 0 Å². The smallest absolute Gasteiger partial charge is 0.323 e. The monoisotopic (exact) mass is 335 g/mol. The van der Waals surface area contributed by atoms with Crippen LogP contribution in [0.5, 0.6) is 0 Å². The molecule has 0 aliphatic carbocycles. The van der Waals surface area contributed by atoms with Gasteiger partial charge in [-0.3, -0.25) is 5.32 Å². The molecule has 0 radical (unpaired) electrons. The molecule has 6 nitrogen and oxygen atoms in total. The molecule has 0 saturated carbocycles. The third kappa shape index (κ3) is 4.11. The number of likely N-dealkylation sites (tertiary alicyclic amines) is 1. The van der Waals surface area contributed by atoms with Crippen molar-refractivity contribution in [1.82, 2.24) is 9.88 Å². The fourth-order valence-corrected chi connectivity index (χ4v) is 3.51. The summed E-state index contributed by atoms with van der Waals surface area (Å²) in [6.45, 7) is 0.701. The number of anilines is 1. The lowest BCUT2D eigenvalue weighted by Crippen LogP contribution is -2.43. The van der Waals surface area contributed by atoms with Crippen LogP contribution in [0.1, 0.15) is 44.0 Å². The van der Waals surface area contributed by atoms with Crippen molar-refractivity contribution in [3.05, 3.63) is 35.7 Å². The van der Waals surface area contributed by atoms with Crippen molar-refractivity contribution >= 4 is 22.5 Å². The Labute approximate surface area is 139 Å². The summed E-state index contributed by atoms with van der Waals surface area (Å²) in [4.78, 5) is 18.5. The van der Waals surface area contributed by atoms with Gasteiger partial charge in [0.2, 0.25) is 0 Å². The number of thiazole rings is 1. The average Bonchev–Trinajstić information content (AvgIpc) is 3.19. The van der Waals surface area contributed by atoms with Gasteiger partial charge < -0.3 is 14.4 Å². The lowest BCUT2D eigenvalue weighted by molar-refractivity contribution is 0.0987. The van der Waals surface area contributed by atoms with Crippen molar-refractivity contribution in [2.45, 2.75) is 44.2 Å². The minimum Gasteiger partial charge on any atom is -0.467 e. The van der Waals surface area contributed by atoms with E-state index in [9.17, 15) is 9.90 Å². The molecular weight excluding hydrogens is 314 g/mol. The van der Waals surface area contributed by atoms with Gasteiger partial charge in [-0.2, -0.15) is 0 Å². The SMILES string of the molecule is O=C(Nc1nccs1)N1CCCCC[C@@H]1C[C@@H](O)c1ccco1. The summed E-state index contributed by atoms with van der Waals surface area (Å²) in [5.41, 5.74) is 0. The van der Waals surface area contributed by atoms with Gasteiger partial charge in [0.15, 0.2) is 5.13 Å². The van der Waals surface area contributed by atoms with E-state index in [-0.39, 0.29) is 12.1 Å². The predicted molar refractivity (Wildman–Crippen MR) is 88.4 cm³/mol. The first-order chi connectivity index (χ1) is 11.2. The number of carbonyl (C=O) groups excluding carboxylic acids is 1. The molecule has 1 fully saturated rings. The topological polar surface area (TPSA) is 78.6 Å². The Kier molecular flexibility index (Phi) is 5.30. The van der Waals surface area contributed by atoms with Gasteiger partial charge in [-0.15, -0.1) is 11.3 Å². The maximum Gasteiger partial charge on any atom is 0.323 e. The van der Waals surface area contributed by atoms with Gasteiger partial charge in [0.1, 0.15) is 11.9 Å². The highest BCUT2D eigenvalue weighted by molar-refractivity contribution is 7.13. The van der Waals surface area contributed by atoms with Crippen LogP contribution in [0.15, 0.2) is 34.4 Å². The van der Waals surface area contributed by atoms with E-state index < -0.39 is 6.10 Å². The van der Waals surface area contributed by atoms with Crippen molar-refractivity contribution in [2.24, 2.45) is 0 Å². The molecule has 2 amide bonds. The Bertz CT molecular complexity index is 600. The van der Waals surface area contributed by atoms with Gasteiger partial charge in [0, 0.05) is 30.6 Å². The molecule has 2 aromatic rings. The van der Waals surface area contributed by atoms with Crippen LogP contribution in [0.25, 0.3) is 0 Å². The van der Waals surface area contributed by atoms with E-state index in [2.05, 4.69) is 10.3 Å². The summed E-state index contributed by atoms with van der Waals surface area (Å²) in [5, 5.41) is 15.6. The summed E-state index contributed by atoms with van der Waals surface area (Å²) in [6, 6.07) is 3.39. The van der Waals surface area contributed by atoms with E-state index in [0.29, 0.717) is 23.9 Å². The maximum atomic E-state index is 12.6. The molecule has 0 spiro atoms. The molecule has 3 rings (SSSR count). The average molecular weight is 335 g/mol.